The fourth-order valence-electron chi connectivity index (χ4n) is 4.89. The van der Waals surface area contributed by atoms with Crippen LogP contribution in [0.4, 0.5) is 10.5 Å². The molecule has 1 aromatic heterocycles. The van der Waals surface area contributed by atoms with Crippen LogP contribution < -0.4 is 15.0 Å². The number of ether oxygens (including phenoxy) is 2. The van der Waals surface area contributed by atoms with Gasteiger partial charge in [-0.2, -0.15) is 5.10 Å². The minimum atomic E-state index is -0.364. The molecule has 3 aromatic rings. The van der Waals surface area contributed by atoms with Gasteiger partial charge in [0, 0.05) is 34.0 Å². The summed E-state index contributed by atoms with van der Waals surface area (Å²) in [5.41, 5.74) is 3.76. The molecule has 2 aromatic carbocycles. The van der Waals surface area contributed by atoms with Gasteiger partial charge in [-0.05, 0) is 82.1 Å². The number of hydrogen-bond acceptors (Lipinski definition) is 5. The Morgan fingerprint density at radius 3 is 2.62 bits per heavy atom. The van der Waals surface area contributed by atoms with E-state index in [1.165, 1.54) is 7.11 Å². The van der Waals surface area contributed by atoms with Gasteiger partial charge in [-0.15, -0.1) is 0 Å². The molecule has 0 saturated carbocycles. The van der Waals surface area contributed by atoms with Crippen LogP contribution in [0.1, 0.15) is 37.8 Å². The number of aromatic nitrogens is 2. The van der Waals surface area contributed by atoms with Crippen molar-refractivity contribution in [3.8, 4) is 22.6 Å². The Morgan fingerprint density at radius 2 is 1.88 bits per heavy atom. The number of benzene rings is 2. The zero-order valence-electron chi connectivity index (χ0n) is 19.5. The number of anilines is 1. The van der Waals surface area contributed by atoms with E-state index in [2.05, 4.69) is 21.3 Å². The quantitative estimate of drug-likeness (QED) is 0.509. The normalized spacial score (nSPS) is 18.4. The minimum absolute atomic E-state index is 0.0387. The molecule has 8 heteroatoms. The third-order valence-electron chi connectivity index (χ3n) is 6.75. The molecule has 1 saturated heterocycles. The van der Waals surface area contributed by atoms with Gasteiger partial charge >= 0.3 is 6.09 Å². The highest BCUT2D eigenvalue weighted by Crippen LogP contribution is 2.45. The van der Waals surface area contributed by atoms with E-state index in [1.54, 1.807) is 4.90 Å². The van der Waals surface area contributed by atoms with Crippen molar-refractivity contribution in [2.45, 2.75) is 44.7 Å². The van der Waals surface area contributed by atoms with Gasteiger partial charge < -0.3 is 14.8 Å². The molecule has 5 rings (SSSR count). The van der Waals surface area contributed by atoms with Crippen molar-refractivity contribution in [2.75, 3.05) is 25.1 Å². The van der Waals surface area contributed by atoms with Crippen LogP contribution in [0.25, 0.3) is 11.1 Å². The number of carbonyl (C=O) groups excluding carboxylic acids is 1. The van der Waals surface area contributed by atoms with Crippen molar-refractivity contribution in [2.24, 2.45) is 0 Å². The van der Waals surface area contributed by atoms with Gasteiger partial charge in [0.1, 0.15) is 11.5 Å². The maximum atomic E-state index is 12.6. The molecule has 0 spiro atoms. The SMILES string of the molecule is COC(=O)N1c2ccc(-c3cnn(C4CCNCC4)c3)c(Oc3ccc(Cl)cc3)c2CC[C@@H]1C. The van der Waals surface area contributed by atoms with E-state index in [0.717, 1.165) is 66.9 Å². The van der Waals surface area contributed by atoms with E-state index in [9.17, 15) is 4.79 Å². The average molecular weight is 481 g/mol. The van der Waals surface area contributed by atoms with E-state index in [4.69, 9.17) is 21.1 Å². The molecule has 34 heavy (non-hydrogen) atoms. The highest BCUT2D eigenvalue weighted by Gasteiger charge is 2.32. The summed E-state index contributed by atoms with van der Waals surface area (Å²) in [6.07, 6.45) is 7.38. The van der Waals surface area contributed by atoms with Crippen molar-refractivity contribution in [1.29, 1.82) is 0 Å². The predicted octanol–water partition coefficient (Wildman–Crippen LogP) is 5.83. The van der Waals surface area contributed by atoms with Crippen molar-refractivity contribution in [1.82, 2.24) is 15.1 Å². The number of nitrogens with zero attached hydrogens (tertiary/aromatic N) is 3. The number of halogens is 1. The molecule has 3 heterocycles. The van der Waals surface area contributed by atoms with Crippen LogP contribution in [0.5, 0.6) is 11.5 Å². The summed E-state index contributed by atoms with van der Waals surface area (Å²) in [6, 6.07) is 11.8. The average Bonchev–Trinajstić information content (AvgIpc) is 3.35. The second-order valence-electron chi connectivity index (χ2n) is 8.91. The van der Waals surface area contributed by atoms with Gasteiger partial charge in [0.25, 0.3) is 0 Å². The van der Waals surface area contributed by atoms with E-state index in [0.29, 0.717) is 16.8 Å². The first-order chi connectivity index (χ1) is 16.5. The first-order valence-electron chi connectivity index (χ1n) is 11.8. The van der Waals surface area contributed by atoms with Gasteiger partial charge in [0.05, 0.1) is 25.0 Å². The third kappa shape index (κ3) is 4.38. The number of rotatable bonds is 4. The number of methoxy groups -OCH3 is 1. The van der Waals surface area contributed by atoms with Crippen molar-refractivity contribution < 1.29 is 14.3 Å². The zero-order valence-corrected chi connectivity index (χ0v) is 20.2. The van der Waals surface area contributed by atoms with E-state index in [1.807, 2.05) is 49.5 Å². The minimum Gasteiger partial charge on any atom is -0.456 e. The van der Waals surface area contributed by atoms with Gasteiger partial charge in [-0.25, -0.2) is 4.79 Å². The summed E-state index contributed by atoms with van der Waals surface area (Å²) < 4.78 is 13.6. The maximum Gasteiger partial charge on any atom is 0.414 e. The summed E-state index contributed by atoms with van der Waals surface area (Å²) in [5, 5.41) is 8.74. The Kier molecular flexibility index (Phi) is 6.48. The molecule has 7 nitrogen and oxygen atoms in total. The first-order valence-corrected chi connectivity index (χ1v) is 12.1. The lowest BCUT2D eigenvalue weighted by Gasteiger charge is -2.35. The lowest BCUT2D eigenvalue weighted by atomic mass is 9.92. The van der Waals surface area contributed by atoms with Crippen LogP contribution in [0.15, 0.2) is 48.8 Å². The fourth-order valence-corrected chi connectivity index (χ4v) is 5.02. The van der Waals surface area contributed by atoms with Crippen LogP contribution in [0.3, 0.4) is 0 Å². The topological polar surface area (TPSA) is 68.6 Å². The number of carbonyl (C=O) groups is 1. The fraction of sp³-hybridized carbons (Fsp3) is 0.385. The van der Waals surface area contributed by atoms with E-state index in [-0.39, 0.29) is 12.1 Å². The second-order valence-corrected chi connectivity index (χ2v) is 9.35. The smallest absolute Gasteiger partial charge is 0.414 e. The number of amides is 1. The predicted molar refractivity (Wildman–Crippen MR) is 133 cm³/mol. The van der Waals surface area contributed by atoms with Gasteiger partial charge in [-0.3, -0.25) is 9.58 Å². The molecule has 0 unspecified atom stereocenters. The summed E-state index contributed by atoms with van der Waals surface area (Å²) in [4.78, 5) is 14.3. The summed E-state index contributed by atoms with van der Waals surface area (Å²) >= 11 is 6.09. The highest BCUT2D eigenvalue weighted by molar-refractivity contribution is 6.30. The molecular formula is C26H29ClN4O3. The molecule has 0 aliphatic carbocycles. The van der Waals surface area contributed by atoms with Crippen LogP contribution in [0, 0.1) is 0 Å². The number of piperidine rings is 1. The summed E-state index contributed by atoms with van der Waals surface area (Å²) in [5.74, 6) is 1.43. The largest absolute Gasteiger partial charge is 0.456 e. The Labute approximate surface area is 204 Å². The van der Waals surface area contributed by atoms with Crippen LogP contribution in [-0.2, 0) is 11.2 Å². The van der Waals surface area contributed by atoms with Crippen LogP contribution in [0.2, 0.25) is 5.02 Å². The Morgan fingerprint density at radius 1 is 1.12 bits per heavy atom. The molecule has 1 amide bonds. The third-order valence-corrected chi connectivity index (χ3v) is 7.00. The first kappa shape index (κ1) is 22.7. The van der Waals surface area contributed by atoms with Gasteiger partial charge in [-0.1, -0.05) is 11.6 Å². The lowest BCUT2D eigenvalue weighted by Crippen LogP contribution is -2.42. The molecule has 2 aliphatic heterocycles. The van der Waals surface area contributed by atoms with Crippen molar-refractivity contribution >= 4 is 23.4 Å². The van der Waals surface area contributed by atoms with Crippen molar-refractivity contribution in [3.05, 3.63) is 59.4 Å². The van der Waals surface area contributed by atoms with E-state index < -0.39 is 0 Å². The van der Waals surface area contributed by atoms with Crippen molar-refractivity contribution in [3.63, 3.8) is 0 Å². The summed E-state index contributed by atoms with van der Waals surface area (Å²) in [7, 11) is 1.41. The van der Waals surface area contributed by atoms with Crippen LogP contribution >= 0.6 is 11.6 Å². The van der Waals surface area contributed by atoms with E-state index >= 15 is 0 Å². The molecule has 1 N–H and O–H groups in total. The Balaban J connectivity index is 1.59. The van der Waals surface area contributed by atoms with Crippen LogP contribution in [-0.4, -0.2) is 42.1 Å². The second kappa shape index (κ2) is 9.68. The molecule has 0 bridgehead atoms. The Bertz CT molecular complexity index is 1170. The molecule has 1 atom stereocenters. The van der Waals surface area contributed by atoms with Gasteiger partial charge in [0.2, 0.25) is 0 Å². The number of nitrogens with one attached hydrogen (secondary N) is 1. The Hall–Kier alpha value is -3.03. The molecule has 2 aliphatic rings. The lowest BCUT2D eigenvalue weighted by molar-refractivity contribution is 0.175. The summed E-state index contributed by atoms with van der Waals surface area (Å²) in [6.45, 7) is 4.05. The maximum absolute atomic E-state index is 12.6. The zero-order chi connectivity index (χ0) is 23.7. The molecular weight excluding hydrogens is 452 g/mol. The number of hydrogen-bond donors (Lipinski definition) is 1. The standard InChI is InChI=1S/C26H29ClN4O3/c1-17-3-8-23-24(31(17)26(32)33-2)10-9-22(25(23)34-21-6-4-19(27)5-7-21)18-15-29-30(16-18)20-11-13-28-14-12-20/h4-7,9-10,15-17,20,28H,3,8,11-14H2,1-2H3/t17-/m0/s1. The molecule has 0 radical (unpaired) electrons. The molecule has 178 valence electrons. The monoisotopic (exact) mass is 480 g/mol. The highest BCUT2D eigenvalue weighted by atomic mass is 35.5. The number of fused-ring (bicyclic) bond motifs is 1. The van der Waals surface area contributed by atoms with Gasteiger partial charge in [0.15, 0.2) is 0 Å². The molecule has 1 fully saturated rings.